The Morgan fingerprint density at radius 2 is 1.67 bits per heavy atom. The molecule has 5 rings (SSSR count). The molecule has 204 valence electrons. The summed E-state index contributed by atoms with van der Waals surface area (Å²) in [5, 5.41) is 3.96. The van der Waals surface area contributed by atoms with Crippen molar-refractivity contribution in [2.75, 3.05) is 42.8 Å². The van der Waals surface area contributed by atoms with Crippen LogP contribution in [-0.4, -0.2) is 66.3 Å². The molecule has 1 saturated heterocycles. The minimum atomic E-state index is -3.95. The number of aromatic nitrogens is 4. The van der Waals surface area contributed by atoms with Gasteiger partial charge in [0.1, 0.15) is 10.6 Å². The second-order valence-electron chi connectivity index (χ2n) is 9.88. The van der Waals surface area contributed by atoms with E-state index in [0.717, 1.165) is 55.0 Å². The summed E-state index contributed by atoms with van der Waals surface area (Å²) in [7, 11) is -0.144. The molecule has 1 aliphatic rings. The van der Waals surface area contributed by atoms with Crippen molar-refractivity contribution in [2.24, 2.45) is 7.05 Å². The molecule has 0 unspecified atom stereocenters. The van der Waals surface area contributed by atoms with Crippen LogP contribution < -0.4 is 14.4 Å². The molecular weight excluding hydrogens is 514 g/mol. The Kier molecular flexibility index (Phi) is 7.53. The molecule has 10 nitrogen and oxygen atoms in total. The molecule has 0 saturated carbocycles. The van der Waals surface area contributed by atoms with Gasteiger partial charge in [0.15, 0.2) is 0 Å². The molecule has 0 spiro atoms. The van der Waals surface area contributed by atoms with E-state index < -0.39 is 10.0 Å². The molecule has 0 bridgehead atoms. The molecule has 2 aromatic carbocycles. The van der Waals surface area contributed by atoms with Gasteiger partial charge in [0.25, 0.3) is 10.0 Å². The standard InChI is InChI=1S/C28H33N7O3S/c1-20-7-5-8-21(2)27(20)25-17-26(31-28(30-25)32-39(36,37)24-18-29-34(4)19-24)38-23-11-9-22(10-12-23)35-14-6-13-33(3)15-16-35/h5,7-12,17-19H,6,13-16H2,1-4H3,(H,30,31,32). The average molecular weight is 548 g/mol. The highest BCUT2D eigenvalue weighted by Crippen LogP contribution is 2.31. The molecular formula is C28H33N7O3S. The SMILES string of the molecule is Cc1cccc(C)c1-c1cc(Oc2ccc(N3CCCN(C)CC3)cc2)nc(NS(=O)(=O)c2cnn(C)c2)n1. The zero-order valence-corrected chi connectivity index (χ0v) is 23.4. The van der Waals surface area contributed by atoms with Crippen LogP contribution in [0.4, 0.5) is 11.6 Å². The first-order chi connectivity index (χ1) is 18.7. The fraction of sp³-hybridized carbons (Fsp3) is 0.321. The van der Waals surface area contributed by atoms with Crippen molar-refractivity contribution in [1.29, 1.82) is 0 Å². The fourth-order valence-corrected chi connectivity index (χ4v) is 5.66. The van der Waals surface area contributed by atoms with E-state index in [1.165, 1.54) is 17.1 Å². The number of benzene rings is 2. The molecule has 4 aromatic rings. The maximum absolute atomic E-state index is 13.0. The zero-order valence-electron chi connectivity index (χ0n) is 22.6. The second kappa shape index (κ2) is 11.0. The summed E-state index contributed by atoms with van der Waals surface area (Å²) < 4.78 is 36.1. The Labute approximate surface area is 229 Å². The quantitative estimate of drug-likeness (QED) is 0.367. The van der Waals surface area contributed by atoms with Crippen LogP contribution in [0.5, 0.6) is 11.6 Å². The predicted octanol–water partition coefficient (Wildman–Crippen LogP) is 4.23. The Balaban J connectivity index is 1.46. The van der Waals surface area contributed by atoms with Crippen molar-refractivity contribution in [2.45, 2.75) is 25.2 Å². The molecule has 1 fully saturated rings. The van der Waals surface area contributed by atoms with E-state index in [9.17, 15) is 8.42 Å². The molecule has 11 heteroatoms. The number of anilines is 2. The Morgan fingerprint density at radius 3 is 2.36 bits per heavy atom. The predicted molar refractivity (Wildman–Crippen MR) is 152 cm³/mol. The van der Waals surface area contributed by atoms with Crippen LogP contribution in [0.1, 0.15) is 17.5 Å². The molecule has 2 aromatic heterocycles. The first-order valence-electron chi connectivity index (χ1n) is 12.9. The lowest BCUT2D eigenvalue weighted by molar-refractivity contribution is 0.360. The Hall–Kier alpha value is -3.96. The highest BCUT2D eigenvalue weighted by Gasteiger charge is 2.20. The van der Waals surface area contributed by atoms with Crippen LogP contribution in [-0.2, 0) is 17.1 Å². The van der Waals surface area contributed by atoms with Gasteiger partial charge >= 0.3 is 0 Å². The third kappa shape index (κ3) is 6.21. The zero-order chi connectivity index (χ0) is 27.6. The van der Waals surface area contributed by atoms with Gasteiger partial charge in [-0.25, -0.2) is 18.1 Å². The number of hydrogen-bond donors (Lipinski definition) is 1. The highest BCUT2D eigenvalue weighted by molar-refractivity contribution is 7.92. The molecule has 0 amide bonds. The van der Waals surface area contributed by atoms with E-state index in [0.29, 0.717) is 11.4 Å². The largest absolute Gasteiger partial charge is 0.439 e. The van der Waals surface area contributed by atoms with Crippen LogP contribution in [0.25, 0.3) is 11.3 Å². The molecule has 3 heterocycles. The van der Waals surface area contributed by atoms with Gasteiger partial charge in [0.2, 0.25) is 11.8 Å². The summed E-state index contributed by atoms with van der Waals surface area (Å²) in [6.45, 7) is 8.09. The van der Waals surface area contributed by atoms with Crippen LogP contribution in [0, 0.1) is 13.8 Å². The summed E-state index contributed by atoms with van der Waals surface area (Å²) in [6.07, 6.45) is 3.81. The van der Waals surface area contributed by atoms with Crippen molar-refractivity contribution in [3.8, 4) is 22.9 Å². The number of ether oxygens (including phenoxy) is 1. The van der Waals surface area contributed by atoms with Gasteiger partial charge in [-0.3, -0.25) is 4.68 Å². The van der Waals surface area contributed by atoms with E-state index in [-0.39, 0.29) is 16.7 Å². The summed E-state index contributed by atoms with van der Waals surface area (Å²) in [5.41, 5.74) is 4.61. The molecule has 1 N–H and O–H groups in total. The smallest absolute Gasteiger partial charge is 0.267 e. The van der Waals surface area contributed by atoms with E-state index in [2.05, 4.69) is 36.6 Å². The average Bonchev–Trinajstić information content (AvgIpc) is 3.22. The molecule has 0 atom stereocenters. The normalized spacial score (nSPS) is 14.7. The van der Waals surface area contributed by atoms with E-state index in [4.69, 9.17) is 4.74 Å². The van der Waals surface area contributed by atoms with Gasteiger partial charge in [-0.15, -0.1) is 0 Å². The van der Waals surface area contributed by atoms with E-state index in [1.807, 2.05) is 56.3 Å². The van der Waals surface area contributed by atoms with Gasteiger partial charge in [-0.1, -0.05) is 18.2 Å². The highest BCUT2D eigenvalue weighted by atomic mass is 32.2. The van der Waals surface area contributed by atoms with Crippen LogP contribution in [0.3, 0.4) is 0 Å². The minimum absolute atomic E-state index is 0.0174. The van der Waals surface area contributed by atoms with Crippen LogP contribution in [0.15, 0.2) is 65.8 Å². The third-order valence-electron chi connectivity index (χ3n) is 6.80. The summed E-state index contributed by atoms with van der Waals surface area (Å²) in [6, 6.07) is 15.6. The van der Waals surface area contributed by atoms with Crippen molar-refractivity contribution in [1.82, 2.24) is 24.6 Å². The summed E-state index contributed by atoms with van der Waals surface area (Å²) in [4.78, 5) is 13.7. The number of hydrogen-bond acceptors (Lipinski definition) is 8. The van der Waals surface area contributed by atoms with Gasteiger partial charge in [0.05, 0.1) is 11.9 Å². The number of nitrogens with zero attached hydrogens (tertiary/aromatic N) is 6. The summed E-state index contributed by atoms with van der Waals surface area (Å²) >= 11 is 0. The Morgan fingerprint density at radius 1 is 0.923 bits per heavy atom. The monoisotopic (exact) mass is 547 g/mol. The van der Waals surface area contributed by atoms with Gasteiger partial charge < -0.3 is 14.5 Å². The number of aryl methyl sites for hydroxylation is 3. The molecule has 1 aliphatic heterocycles. The molecule has 0 aliphatic carbocycles. The van der Waals surface area contributed by atoms with Crippen molar-refractivity contribution in [3.05, 3.63) is 72.1 Å². The van der Waals surface area contributed by atoms with Crippen molar-refractivity contribution < 1.29 is 13.2 Å². The number of sulfonamides is 1. The maximum Gasteiger partial charge on any atom is 0.267 e. The maximum atomic E-state index is 13.0. The topological polar surface area (TPSA) is 105 Å². The van der Waals surface area contributed by atoms with Crippen LogP contribution >= 0.6 is 0 Å². The Bertz CT molecular complexity index is 1550. The number of nitrogens with one attached hydrogen (secondary N) is 1. The van der Waals surface area contributed by atoms with Crippen LogP contribution in [0.2, 0.25) is 0 Å². The first kappa shape index (κ1) is 26.6. The third-order valence-corrected chi connectivity index (χ3v) is 8.08. The lowest BCUT2D eigenvalue weighted by atomic mass is 10.00. The van der Waals surface area contributed by atoms with Gasteiger partial charge in [-0.2, -0.15) is 10.1 Å². The second-order valence-corrected chi connectivity index (χ2v) is 11.6. The molecule has 39 heavy (non-hydrogen) atoms. The van der Waals surface area contributed by atoms with E-state index >= 15 is 0 Å². The van der Waals surface area contributed by atoms with Gasteiger partial charge in [-0.05, 0) is 69.3 Å². The first-order valence-corrected chi connectivity index (χ1v) is 14.3. The fourth-order valence-electron chi connectivity index (χ4n) is 4.74. The summed E-state index contributed by atoms with van der Waals surface area (Å²) in [5.74, 6) is 0.743. The molecule has 0 radical (unpaired) electrons. The van der Waals surface area contributed by atoms with E-state index in [1.54, 1.807) is 13.1 Å². The number of rotatable bonds is 7. The van der Waals surface area contributed by atoms with Crippen molar-refractivity contribution >= 4 is 21.7 Å². The minimum Gasteiger partial charge on any atom is -0.439 e. The lowest BCUT2D eigenvalue weighted by Crippen LogP contribution is -2.28. The van der Waals surface area contributed by atoms with Gasteiger partial charge in [0, 0.05) is 50.2 Å². The lowest BCUT2D eigenvalue weighted by Gasteiger charge is -2.23. The number of likely N-dealkylation sites (N-methyl/N-ethyl adjacent to an activating group) is 1. The van der Waals surface area contributed by atoms with Crippen molar-refractivity contribution in [3.63, 3.8) is 0 Å².